The molecule has 0 aliphatic rings. The van der Waals surface area contributed by atoms with Gasteiger partial charge in [0.2, 0.25) is 0 Å². The molecule has 2 nitrogen and oxygen atoms in total. The average Bonchev–Trinajstić information content (AvgIpc) is 2.14. The zero-order valence-corrected chi connectivity index (χ0v) is 11.5. The van der Waals surface area contributed by atoms with Crippen molar-refractivity contribution in [1.82, 2.24) is 0 Å². The normalized spacial score (nSPS) is 16.6. The van der Waals surface area contributed by atoms with E-state index in [-0.39, 0.29) is 11.7 Å². The van der Waals surface area contributed by atoms with Crippen LogP contribution < -0.4 is 0 Å². The Morgan fingerprint density at radius 1 is 1.31 bits per heavy atom. The quantitative estimate of drug-likeness (QED) is 0.644. The van der Waals surface area contributed by atoms with Crippen molar-refractivity contribution in [2.75, 3.05) is 6.61 Å². The maximum atomic E-state index is 9.09. The van der Waals surface area contributed by atoms with Gasteiger partial charge in [-0.15, -0.1) is 0 Å². The number of ether oxygens (including phenoxy) is 1. The van der Waals surface area contributed by atoms with E-state index >= 15 is 0 Å². The first-order valence-corrected chi connectivity index (χ1v) is 6.36. The van der Waals surface area contributed by atoms with E-state index in [9.17, 15) is 0 Å². The second-order valence-electron chi connectivity index (χ2n) is 5.24. The van der Waals surface area contributed by atoms with Crippen LogP contribution in [0.4, 0.5) is 0 Å². The highest BCUT2D eigenvalue weighted by atomic mass is 16.5. The molecular formula is C14H28O2. The van der Waals surface area contributed by atoms with Crippen LogP contribution in [-0.2, 0) is 4.74 Å². The Morgan fingerprint density at radius 3 is 2.44 bits per heavy atom. The molecule has 0 amide bonds. The third-order valence-electron chi connectivity index (χ3n) is 2.73. The van der Waals surface area contributed by atoms with Gasteiger partial charge in [-0.2, -0.15) is 0 Å². The van der Waals surface area contributed by atoms with Gasteiger partial charge < -0.3 is 9.84 Å². The fourth-order valence-electron chi connectivity index (χ4n) is 1.68. The Morgan fingerprint density at radius 2 is 1.94 bits per heavy atom. The molecule has 0 saturated carbocycles. The lowest BCUT2D eigenvalue weighted by Crippen LogP contribution is -2.24. The zero-order chi connectivity index (χ0) is 12.6. The standard InChI is InChI=1S/C14H28O2/c1-6-16-14(4,5)11-10-12(2)8-7-9-13(3)15/h7,9,12-13,15H,6,8,10-11H2,1-5H3/b9-7+. The summed E-state index contributed by atoms with van der Waals surface area (Å²) in [5.41, 5.74) is -0.00298. The summed E-state index contributed by atoms with van der Waals surface area (Å²) in [7, 11) is 0. The molecule has 0 fully saturated rings. The van der Waals surface area contributed by atoms with E-state index in [0.29, 0.717) is 5.92 Å². The summed E-state index contributed by atoms with van der Waals surface area (Å²) in [5, 5.41) is 9.09. The highest BCUT2D eigenvalue weighted by Crippen LogP contribution is 2.21. The van der Waals surface area contributed by atoms with Gasteiger partial charge in [-0.05, 0) is 52.9 Å². The van der Waals surface area contributed by atoms with Crippen LogP contribution in [0, 0.1) is 5.92 Å². The molecule has 0 heterocycles. The minimum absolute atomic E-state index is 0.00298. The average molecular weight is 228 g/mol. The smallest absolute Gasteiger partial charge is 0.0692 e. The number of hydrogen-bond donors (Lipinski definition) is 1. The van der Waals surface area contributed by atoms with Gasteiger partial charge in [0.1, 0.15) is 0 Å². The molecule has 0 spiro atoms. The van der Waals surface area contributed by atoms with Crippen LogP contribution in [0.1, 0.15) is 53.9 Å². The fourth-order valence-corrected chi connectivity index (χ4v) is 1.68. The molecule has 2 atom stereocenters. The summed E-state index contributed by atoms with van der Waals surface area (Å²) in [5.74, 6) is 0.648. The second kappa shape index (κ2) is 7.86. The van der Waals surface area contributed by atoms with Crippen LogP contribution in [0.2, 0.25) is 0 Å². The summed E-state index contributed by atoms with van der Waals surface area (Å²) < 4.78 is 5.66. The highest BCUT2D eigenvalue weighted by Gasteiger charge is 2.18. The molecule has 0 radical (unpaired) electrons. The van der Waals surface area contributed by atoms with E-state index in [1.807, 2.05) is 13.0 Å². The van der Waals surface area contributed by atoms with Crippen molar-refractivity contribution in [3.63, 3.8) is 0 Å². The number of allylic oxidation sites excluding steroid dienone is 1. The molecular weight excluding hydrogens is 200 g/mol. The molecule has 0 aromatic carbocycles. The minimum Gasteiger partial charge on any atom is -0.389 e. The van der Waals surface area contributed by atoms with Crippen LogP contribution in [-0.4, -0.2) is 23.4 Å². The van der Waals surface area contributed by atoms with E-state index in [1.165, 1.54) is 0 Å². The molecule has 0 aromatic rings. The van der Waals surface area contributed by atoms with Gasteiger partial charge in [-0.25, -0.2) is 0 Å². The third-order valence-corrected chi connectivity index (χ3v) is 2.73. The van der Waals surface area contributed by atoms with E-state index < -0.39 is 0 Å². The number of hydrogen-bond acceptors (Lipinski definition) is 2. The Bertz CT molecular complexity index is 195. The molecule has 1 N–H and O–H groups in total. The van der Waals surface area contributed by atoms with Gasteiger partial charge in [0.15, 0.2) is 0 Å². The fraction of sp³-hybridized carbons (Fsp3) is 0.857. The van der Waals surface area contributed by atoms with Crippen LogP contribution in [0.25, 0.3) is 0 Å². The molecule has 96 valence electrons. The van der Waals surface area contributed by atoms with E-state index in [4.69, 9.17) is 9.84 Å². The topological polar surface area (TPSA) is 29.5 Å². The number of rotatable bonds is 8. The van der Waals surface area contributed by atoms with Gasteiger partial charge in [0.25, 0.3) is 0 Å². The van der Waals surface area contributed by atoms with Crippen LogP contribution in [0.5, 0.6) is 0 Å². The monoisotopic (exact) mass is 228 g/mol. The predicted octanol–water partition coefficient (Wildman–Crippen LogP) is 3.54. The van der Waals surface area contributed by atoms with Crippen molar-refractivity contribution < 1.29 is 9.84 Å². The number of aliphatic hydroxyl groups excluding tert-OH is 1. The van der Waals surface area contributed by atoms with Gasteiger partial charge >= 0.3 is 0 Å². The van der Waals surface area contributed by atoms with Crippen LogP contribution in [0.3, 0.4) is 0 Å². The maximum Gasteiger partial charge on any atom is 0.0692 e. The van der Waals surface area contributed by atoms with Crippen LogP contribution in [0.15, 0.2) is 12.2 Å². The molecule has 0 saturated heterocycles. The van der Waals surface area contributed by atoms with E-state index in [0.717, 1.165) is 25.9 Å². The first kappa shape index (κ1) is 15.7. The van der Waals surface area contributed by atoms with Crippen molar-refractivity contribution in [2.45, 2.75) is 65.6 Å². The Kier molecular flexibility index (Phi) is 7.69. The van der Waals surface area contributed by atoms with E-state index in [1.54, 1.807) is 6.92 Å². The first-order chi connectivity index (χ1) is 7.37. The summed E-state index contributed by atoms with van der Waals surface area (Å²) in [6.45, 7) is 11.1. The van der Waals surface area contributed by atoms with Gasteiger partial charge in [-0.1, -0.05) is 19.1 Å². The Labute approximate surface area is 101 Å². The lowest BCUT2D eigenvalue weighted by atomic mass is 9.93. The Balaban J connectivity index is 3.76. The summed E-state index contributed by atoms with van der Waals surface area (Å²) in [6.07, 6.45) is 6.88. The van der Waals surface area contributed by atoms with Gasteiger partial charge in [0.05, 0.1) is 11.7 Å². The summed E-state index contributed by atoms with van der Waals surface area (Å²) >= 11 is 0. The summed E-state index contributed by atoms with van der Waals surface area (Å²) in [4.78, 5) is 0. The van der Waals surface area contributed by atoms with Crippen LogP contribution >= 0.6 is 0 Å². The number of aliphatic hydroxyl groups is 1. The highest BCUT2D eigenvalue weighted by molar-refractivity contribution is 4.87. The first-order valence-electron chi connectivity index (χ1n) is 6.36. The molecule has 2 unspecified atom stereocenters. The molecule has 0 aliphatic carbocycles. The molecule has 0 rings (SSSR count). The van der Waals surface area contributed by atoms with Gasteiger partial charge in [0, 0.05) is 6.61 Å². The van der Waals surface area contributed by atoms with Crippen molar-refractivity contribution in [1.29, 1.82) is 0 Å². The Hall–Kier alpha value is -0.340. The lowest BCUT2D eigenvalue weighted by Gasteiger charge is -2.25. The van der Waals surface area contributed by atoms with Crippen molar-refractivity contribution in [3.8, 4) is 0 Å². The van der Waals surface area contributed by atoms with Gasteiger partial charge in [-0.3, -0.25) is 0 Å². The summed E-state index contributed by atoms with van der Waals surface area (Å²) in [6, 6.07) is 0. The largest absolute Gasteiger partial charge is 0.389 e. The molecule has 16 heavy (non-hydrogen) atoms. The lowest BCUT2D eigenvalue weighted by molar-refractivity contribution is -0.0197. The second-order valence-corrected chi connectivity index (χ2v) is 5.24. The maximum absolute atomic E-state index is 9.09. The molecule has 0 aromatic heterocycles. The molecule has 0 aliphatic heterocycles. The van der Waals surface area contributed by atoms with Crippen molar-refractivity contribution in [3.05, 3.63) is 12.2 Å². The third kappa shape index (κ3) is 8.93. The zero-order valence-electron chi connectivity index (χ0n) is 11.5. The SMILES string of the molecule is CCOC(C)(C)CCC(C)C/C=C/C(C)O. The predicted molar refractivity (Wildman–Crippen MR) is 69.5 cm³/mol. The molecule has 0 bridgehead atoms. The van der Waals surface area contributed by atoms with E-state index in [2.05, 4.69) is 26.8 Å². The van der Waals surface area contributed by atoms with Crippen molar-refractivity contribution in [2.24, 2.45) is 5.92 Å². The van der Waals surface area contributed by atoms with Crippen molar-refractivity contribution >= 4 is 0 Å². The molecule has 2 heteroatoms. The minimum atomic E-state index is -0.327.